The van der Waals surface area contributed by atoms with Crippen molar-refractivity contribution in [2.45, 2.75) is 6.42 Å². The summed E-state index contributed by atoms with van der Waals surface area (Å²) in [5.41, 5.74) is 0.188. The van der Waals surface area contributed by atoms with Crippen molar-refractivity contribution in [1.29, 1.82) is 0 Å². The number of carbonyl (C=O) groups is 2. The summed E-state index contributed by atoms with van der Waals surface area (Å²) in [5.74, 6) is -0.526. The van der Waals surface area contributed by atoms with Gasteiger partial charge in [0.15, 0.2) is 0 Å². The van der Waals surface area contributed by atoms with Crippen LogP contribution in [0.1, 0.15) is 6.42 Å². The Morgan fingerprint density at radius 3 is 2.67 bits per heavy atom. The van der Waals surface area contributed by atoms with Gasteiger partial charge in [-0.3, -0.25) is 0 Å². The van der Waals surface area contributed by atoms with Crippen LogP contribution in [0.3, 0.4) is 0 Å². The van der Waals surface area contributed by atoms with Crippen LogP contribution in [0.5, 0.6) is 0 Å². The maximum Gasteiger partial charge on any atom is 0.333 e. The summed E-state index contributed by atoms with van der Waals surface area (Å²) >= 11 is 0. The van der Waals surface area contributed by atoms with Crippen LogP contribution in [-0.4, -0.2) is 19.4 Å². The first-order valence-electron chi connectivity index (χ1n) is 2.42. The zero-order valence-corrected chi connectivity index (χ0v) is 5.22. The SMILES string of the molecule is C=C(CC=O)C(=O)OC. The highest BCUT2D eigenvalue weighted by atomic mass is 16.5. The number of hydrogen-bond donors (Lipinski definition) is 0. The fraction of sp³-hybridized carbons (Fsp3) is 0.333. The van der Waals surface area contributed by atoms with Crippen molar-refractivity contribution < 1.29 is 14.3 Å². The molecular weight excluding hydrogens is 120 g/mol. The Kier molecular flexibility index (Phi) is 3.35. The molecular formula is C6H8O3. The second-order valence-corrected chi connectivity index (χ2v) is 1.47. The van der Waals surface area contributed by atoms with Crippen LogP contribution >= 0.6 is 0 Å². The summed E-state index contributed by atoms with van der Waals surface area (Å²) < 4.78 is 4.27. The van der Waals surface area contributed by atoms with Gasteiger partial charge in [-0.1, -0.05) is 6.58 Å². The smallest absolute Gasteiger partial charge is 0.333 e. The summed E-state index contributed by atoms with van der Waals surface area (Å²) in [4.78, 5) is 20.2. The lowest BCUT2D eigenvalue weighted by molar-refractivity contribution is -0.136. The predicted octanol–water partition coefficient (Wildman–Crippen LogP) is 0.305. The summed E-state index contributed by atoms with van der Waals surface area (Å²) in [5, 5.41) is 0. The minimum atomic E-state index is -0.526. The fourth-order valence-corrected chi connectivity index (χ4v) is 0.328. The minimum absolute atomic E-state index is 0.0483. The lowest BCUT2D eigenvalue weighted by Gasteiger charge is -1.95. The number of rotatable bonds is 3. The molecule has 0 heterocycles. The number of methoxy groups -OCH3 is 1. The Bertz CT molecular complexity index is 137. The van der Waals surface area contributed by atoms with Crippen LogP contribution in [-0.2, 0) is 14.3 Å². The number of aldehydes is 1. The first kappa shape index (κ1) is 7.88. The Hall–Kier alpha value is -1.12. The van der Waals surface area contributed by atoms with Crippen molar-refractivity contribution in [3.8, 4) is 0 Å². The van der Waals surface area contributed by atoms with E-state index in [0.29, 0.717) is 6.29 Å². The molecule has 0 aliphatic rings. The zero-order valence-electron chi connectivity index (χ0n) is 5.22. The van der Waals surface area contributed by atoms with Crippen molar-refractivity contribution in [3.05, 3.63) is 12.2 Å². The van der Waals surface area contributed by atoms with Crippen molar-refractivity contribution in [3.63, 3.8) is 0 Å². The number of ether oxygens (including phenoxy) is 1. The molecule has 0 aromatic heterocycles. The standard InChI is InChI=1S/C6H8O3/c1-5(3-4-7)6(8)9-2/h4H,1,3H2,2H3. The van der Waals surface area contributed by atoms with Crippen LogP contribution < -0.4 is 0 Å². The van der Waals surface area contributed by atoms with Crippen molar-refractivity contribution in [1.82, 2.24) is 0 Å². The van der Waals surface area contributed by atoms with E-state index in [-0.39, 0.29) is 12.0 Å². The van der Waals surface area contributed by atoms with E-state index in [1.165, 1.54) is 7.11 Å². The average molecular weight is 128 g/mol. The maximum absolute atomic E-state index is 10.4. The lowest BCUT2D eigenvalue weighted by Crippen LogP contribution is -2.03. The summed E-state index contributed by atoms with van der Waals surface area (Å²) in [6.45, 7) is 3.31. The van der Waals surface area contributed by atoms with E-state index >= 15 is 0 Å². The van der Waals surface area contributed by atoms with Crippen LogP contribution in [0.15, 0.2) is 12.2 Å². The number of carbonyl (C=O) groups excluding carboxylic acids is 2. The van der Waals surface area contributed by atoms with Crippen molar-refractivity contribution >= 4 is 12.3 Å². The van der Waals surface area contributed by atoms with E-state index in [1.807, 2.05) is 0 Å². The third kappa shape index (κ3) is 2.64. The highest BCUT2D eigenvalue weighted by Gasteiger charge is 2.03. The molecule has 0 amide bonds. The molecule has 0 unspecified atom stereocenters. The van der Waals surface area contributed by atoms with E-state index in [1.54, 1.807) is 0 Å². The van der Waals surface area contributed by atoms with E-state index in [9.17, 15) is 9.59 Å². The molecule has 0 spiro atoms. The topological polar surface area (TPSA) is 43.4 Å². The first-order valence-corrected chi connectivity index (χ1v) is 2.42. The van der Waals surface area contributed by atoms with Gasteiger partial charge in [0.1, 0.15) is 6.29 Å². The van der Waals surface area contributed by atoms with E-state index in [0.717, 1.165) is 0 Å². The lowest BCUT2D eigenvalue weighted by atomic mass is 10.2. The second-order valence-electron chi connectivity index (χ2n) is 1.47. The molecule has 0 aromatic rings. The van der Waals surface area contributed by atoms with Gasteiger partial charge in [0, 0.05) is 12.0 Å². The molecule has 0 aromatic carbocycles. The molecule has 9 heavy (non-hydrogen) atoms. The number of esters is 1. The Balaban J connectivity index is 3.73. The van der Waals surface area contributed by atoms with E-state index in [4.69, 9.17) is 0 Å². The van der Waals surface area contributed by atoms with Crippen LogP contribution in [0, 0.1) is 0 Å². The molecule has 0 radical (unpaired) electrons. The molecule has 3 nitrogen and oxygen atoms in total. The van der Waals surface area contributed by atoms with E-state index in [2.05, 4.69) is 11.3 Å². The van der Waals surface area contributed by atoms with Crippen LogP contribution in [0.25, 0.3) is 0 Å². The normalized spacial score (nSPS) is 8.11. The first-order chi connectivity index (χ1) is 4.22. The highest BCUT2D eigenvalue weighted by molar-refractivity contribution is 5.90. The quantitative estimate of drug-likeness (QED) is 0.312. The molecule has 0 N–H and O–H groups in total. The summed E-state index contributed by atoms with van der Waals surface area (Å²) in [6, 6.07) is 0. The molecule has 0 rings (SSSR count). The van der Waals surface area contributed by atoms with Gasteiger partial charge in [-0.2, -0.15) is 0 Å². The van der Waals surface area contributed by atoms with Gasteiger partial charge in [0.05, 0.1) is 7.11 Å². The predicted molar refractivity (Wildman–Crippen MR) is 31.8 cm³/mol. The Morgan fingerprint density at radius 1 is 1.78 bits per heavy atom. The molecule has 0 atom stereocenters. The third-order valence-electron chi connectivity index (χ3n) is 0.804. The van der Waals surface area contributed by atoms with Gasteiger partial charge in [-0.15, -0.1) is 0 Å². The van der Waals surface area contributed by atoms with Crippen LogP contribution in [0.4, 0.5) is 0 Å². The average Bonchev–Trinajstić information content (AvgIpc) is 1.87. The van der Waals surface area contributed by atoms with Crippen LogP contribution in [0.2, 0.25) is 0 Å². The number of hydrogen-bond acceptors (Lipinski definition) is 3. The Labute approximate surface area is 53.3 Å². The highest BCUT2D eigenvalue weighted by Crippen LogP contribution is 1.95. The molecule has 0 aliphatic heterocycles. The fourth-order valence-electron chi connectivity index (χ4n) is 0.328. The largest absolute Gasteiger partial charge is 0.466 e. The van der Waals surface area contributed by atoms with Gasteiger partial charge in [0.25, 0.3) is 0 Å². The molecule has 0 aliphatic carbocycles. The van der Waals surface area contributed by atoms with E-state index < -0.39 is 5.97 Å². The summed E-state index contributed by atoms with van der Waals surface area (Å²) in [6.07, 6.45) is 0.659. The minimum Gasteiger partial charge on any atom is -0.466 e. The molecule has 0 saturated heterocycles. The zero-order chi connectivity index (χ0) is 7.28. The van der Waals surface area contributed by atoms with Gasteiger partial charge in [-0.25, -0.2) is 4.79 Å². The molecule has 0 fully saturated rings. The van der Waals surface area contributed by atoms with Crippen molar-refractivity contribution in [2.75, 3.05) is 7.11 Å². The third-order valence-corrected chi connectivity index (χ3v) is 0.804. The molecule has 3 heteroatoms. The van der Waals surface area contributed by atoms with Crippen molar-refractivity contribution in [2.24, 2.45) is 0 Å². The summed E-state index contributed by atoms with van der Waals surface area (Å²) in [7, 11) is 1.25. The molecule has 0 saturated carbocycles. The monoisotopic (exact) mass is 128 g/mol. The van der Waals surface area contributed by atoms with Gasteiger partial charge in [0.2, 0.25) is 0 Å². The van der Waals surface area contributed by atoms with Gasteiger partial charge < -0.3 is 9.53 Å². The maximum atomic E-state index is 10.4. The second kappa shape index (κ2) is 3.83. The van der Waals surface area contributed by atoms with Gasteiger partial charge >= 0.3 is 5.97 Å². The Morgan fingerprint density at radius 2 is 2.33 bits per heavy atom. The molecule has 0 bridgehead atoms. The molecule has 50 valence electrons. The van der Waals surface area contributed by atoms with Gasteiger partial charge in [-0.05, 0) is 0 Å².